The van der Waals surface area contributed by atoms with Crippen LogP contribution in [0.15, 0.2) is 72.8 Å². The van der Waals surface area contributed by atoms with E-state index in [9.17, 15) is 29.8 Å². The molecule has 12 heteroatoms. The lowest BCUT2D eigenvalue weighted by Gasteiger charge is -2.11. The van der Waals surface area contributed by atoms with Gasteiger partial charge >= 0.3 is 0 Å². The number of rotatable bonds is 6. The molecule has 0 aliphatic rings. The van der Waals surface area contributed by atoms with Crippen molar-refractivity contribution in [1.82, 2.24) is 5.32 Å². The van der Waals surface area contributed by atoms with E-state index in [0.717, 1.165) is 18.2 Å². The topological polar surface area (TPSA) is 157 Å². The van der Waals surface area contributed by atoms with Gasteiger partial charge in [-0.05, 0) is 42.5 Å². The fourth-order valence-corrected chi connectivity index (χ4v) is 2.95. The highest BCUT2D eigenvalue weighted by atomic mass is 32.1. The van der Waals surface area contributed by atoms with E-state index in [1.54, 1.807) is 42.5 Å². The number of nitrogens with zero attached hydrogens (tertiary/aromatic N) is 2. The molecule has 11 nitrogen and oxygen atoms in total. The molecule has 166 valence electrons. The number of carbonyl (C=O) groups excluding carboxylic acids is 2. The first-order valence-electron chi connectivity index (χ1n) is 9.25. The molecule has 0 fully saturated rings. The number of hydrogen-bond acceptors (Lipinski definition) is 7. The van der Waals surface area contributed by atoms with E-state index < -0.39 is 27.1 Å². The second kappa shape index (κ2) is 10.1. The number of non-ortho nitro benzene ring substituents is 2. The van der Waals surface area contributed by atoms with Crippen molar-refractivity contribution in [2.45, 2.75) is 0 Å². The number of hydrogen-bond donors (Lipinski definition) is 3. The molecule has 2 amide bonds. The molecule has 0 spiro atoms. The van der Waals surface area contributed by atoms with Crippen molar-refractivity contribution in [1.29, 1.82) is 0 Å². The fraction of sp³-hybridized carbons (Fsp3) is 0. The Morgan fingerprint density at radius 3 is 1.91 bits per heavy atom. The number of carbonyl (C=O) groups is 2. The molecule has 0 bridgehead atoms. The number of nitrogens with one attached hydrogen (secondary N) is 3. The number of benzene rings is 3. The average Bonchev–Trinajstić information content (AvgIpc) is 2.79. The predicted molar refractivity (Wildman–Crippen MR) is 124 cm³/mol. The summed E-state index contributed by atoms with van der Waals surface area (Å²) in [6.45, 7) is 0. The molecular formula is C21H15N5O6S. The summed E-state index contributed by atoms with van der Waals surface area (Å²) in [6, 6.07) is 17.7. The lowest BCUT2D eigenvalue weighted by Crippen LogP contribution is -2.34. The molecule has 0 aliphatic carbocycles. The van der Waals surface area contributed by atoms with Gasteiger partial charge in [-0.1, -0.05) is 24.3 Å². The van der Waals surface area contributed by atoms with Crippen molar-refractivity contribution in [3.63, 3.8) is 0 Å². The van der Waals surface area contributed by atoms with Crippen LogP contribution in [0.3, 0.4) is 0 Å². The third kappa shape index (κ3) is 6.15. The molecule has 3 N–H and O–H groups in total. The summed E-state index contributed by atoms with van der Waals surface area (Å²) in [7, 11) is 0. The Morgan fingerprint density at radius 1 is 0.697 bits per heavy atom. The van der Waals surface area contributed by atoms with Crippen LogP contribution in [0.25, 0.3) is 0 Å². The van der Waals surface area contributed by atoms with Gasteiger partial charge in [-0.2, -0.15) is 0 Å². The number of nitro groups is 2. The Kier molecular flexibility index (Phi) is 7.00. The van der Waals surface area contributed by atoms with Crippen molar-refractivity contribution in [3.05, 3.63) is 104 Å². The van der Waals surface area contributed by atoms with Crippen LogP contribution >= 0.6 is 12.2 Å². The summed E-state index contributed by atoms with van der Waals surface area (Å²) in [5, 5.41) is 29.6. The van der Waals surface area contributed by atoms with E-state index >= 15 is 0 Å². The van der Waals surface area contributed by atoms with Crippen LogP contribution in [0.1, 0.15) is 20.7 Å². The third-order valence-corrected chi connectivity index (χ3v) is 4.43. The lowest BCUT2D eigenvalue weighted by molar-refractivity contribution is -0.394. The predicted octanol–water partition coefficient (Wildman–Crippen LogP) is 3.88. The molecule has 0 radical (unpaired) electrons. The van der Waals surface area contributed by atoms with E-state index in [1.807, 2.05) is 6.07 Å². The third-order valence-electron chi connectivity index (χ3n) is 4.23. The number of anilines is 2. The summed E-state index contributed by atoms with van der Waals surface area (Å²) in [5.74, 6) is -1.24. The Balaban J connectivity index is 1.69. The molecule has 0 aliphatic heterocycles. The van der Waals surface area contributed by atoms with Crippen molar-refractivity contribution in [3.8, 4) is 0 Å². The first-order chi connectivity index (χ1) is 15.7. The minimum absolute atomic E-state index is 0.172. The van der Waals surface area contributed by atoms with Crippen molar-refractivity contribution in [2.24, 2.45) is 0 Å². The van der Waals surface area contributed by atoms with Gasteiger partial charge in [0.25, 0.3) is 23.2 Å². The zero-order valence-electron chi connectivity index (χ0n) is 16.7. The van der Waals surface area contributed by atoms with Crippen LogP contribution in [0, 0.1) is 20.2 Å². The molecule has 3 aromatic carbocycles. The van der Waals surface area contributed by atoms with Gasteiger partial charge in [-0.15, -0.1) is 0 Å². The number of thiocarbonyl (C=S) groups is 1. The fourth-order valence-electron chi connectivity index (χ4n) is 2.74. The first-order valence-corrected chi connectivity index (χ1v) is 9.66. The molecule has 0 saturated carbocycles. The van der Waals surface area contributed by atoms with Crippen LogP contribution in [-0.2, 0) is 0 Å². The second-order valence-electron chi connectivity index (χ2n) is 6.56. The molecule has 0 atom stereocenters. The summed E-state index contributed by atoms with van der Waals surface area (Å²) in [6.07, 6.45) is 0. The van der Waals surface area contributed by atoms with Crippen molar-refractivity contribution < 1.29 is 19.4 Å². The van der Waals surface area contributed by atoms with Gasteiger partial charge in [0.05, 0.1) is 21.5 Å². The van der Waals surface area contributed by atoms with Crippen molar-refractivity contribution >= 4 is 51.9 Å². The zero-order chi connectivity index (χ0) is 24.0. The van der Waals surface area contributed by atoms with E-state index in [1.165, 1.54) is 6.07 Å². The number of nitro benzene ring substituents is 2. The maximum Gasteiger partial charge on any atom is 0.277 e. The highest BCUT2D eigenvalue weighted by Gasteiger charge is 2.20. The van der Waals surface area contributed by atoms with E-state index in [-0.39, 0.29) is 16.6 Å². The molecular weight excluding hydrogens is 450 g/mol. The van der Waals surface area contributed by atoms with Crippen molar-refractivity contribution in [2.75, 3.05) is 10.6 Å². The highest BCUT2D eigenvalue weighted by molar-refractivity contribution is 7.80. The SMILES string of the molecule is O=C(NC(=S)Nc1cccc(C(=O)Nc2ccccc2)c1)c1cc([N+](=O)[O-])cc([N+](=O)[O-])c1. The summed E-state index contributed by atoms with van der Waals surface area (Å²) < 4.78 is 0. The van der Waals surface area contributed by atoms with Crippen LogP contribution in [0.2, 0.25) is 0 Å². The molecule has 0 unspecified atom stereocenters. The van der Waals surface area contributed by atoms with Crippen LogP contribution < -0.4 is 16.0 Å². The zero-order valence-corrected chi connectivity index (χ0v) is 17.5. The van der Waals surface area contributed by atoms with Crippen LogP contribution in [0.5, 0.6) is 0 Å². The maximum absolute atomic E-state index is 12.4. The van der Waals surface area contributed by atoms with Gasteiger partial charge in [-0.25, -0.2) is 0 Å². The summed E-state index contributed by atoms with van der Waals surface area (Å²) in [4.78, 5) is 45.2. The Hall–Kier alpha value is -4.71. The Labute approximate surface area is 191 Å². The van der Waals surface area contributed by atoms with Gasteiger partial charge in [-0.3, -0.25) is 35.1 Å². The smallest absolute Gasteiger partial charge is 0.277 e. The standard InChI is InChI=1S/C21H15N5O6S/c27-19(22-15-6-2-1-3-7-15)13-5-4-8-16(9-13)23-21(33)24-20(28)14-10-17(25(29)30)12-18(11-14)26(31)32/h1-12H,(H,22,27)(H2,23,24,28,33). The maximum atomic E-state index is 12.4. The van der Waals surface area contributed by atoms with Gasteiger partial charge in [0.15, 0.2) is 5.11 Å². The van der Waals surface area contributed by atoms with Crippen LogP contribution in [-0.4, -0.2) is 26.8 Å². The quantitative estimate of drug-likeness (QED) is 0.281. The van der Waals surface area contributed by atoms with Gasteiger partial charge in [0.1, 0.15) is 0 Å². The normalized spacial score (nSPS) is 10.1. The monoisotopic (exact) mass is 465 g/mol. The van der Waals surface area contributed by atoms with Gasteiger partial charge in [0.2, 0.25) is 0 Å². The summed E-state index contributed by atoms with van der Waals surface area (Å²) in [5.41, 5.74) is -0.181. The Morgan fingerprint density at radius 2 is 1.30 bits per heavy atom. The van der Waals surface area contributed by atoms with E-state index in [0.29, 0.717) is 16.9 Å². The minimum Gasteiger partial charge on any atom is -0.332 e. The second-order valence-corrected chi connectivity index (χ2v) is 6.97. The van der Waals surface area contributed by atoms with E-state index in [2.05, 4.69) is 16.0 Å². The Bertz CT molecular complexity index is 1230. The van der Waals surface area contributed by atoms with E-state index in [4.69, 9.17) is 12.2 Å². The molecule has 0 saturated heterocycles. The van der Waals surface area contributed by atoms with Gasteiger partial charge < -0.3 is 10.6 Å². The first kappa shape index (κ1) is 23.0. The molecule has 3 aromatic rings. The highest BCUT2D eigenvalue weighted by Crippen LogP contribution is 2.22. The molecule has 33 heavy (non-hydrogen) atoms. The molecule has 3 rings (SSSR count). The number of amides is 2. The van der Waals surface area contributed by atoms with Crippen LogP contribution in [0.4, 0.5) is 22.7 Å². The minimum atomic E-state index is -0.878. The summed E-state index contributed by atoms with van der Waals surface area (Å²) >= 11 is 5.08. The van der Waals surface area contributed by atoms with Gasteiger partial charge in [0, 0.05) is 29.1 Å². The largest absolute Gasteiger partial charge is 0.332 e. The lowest BCUT2D eigenvalue weighted by atomic mass is 10.1. The average molecular weight is 465 g/mol. The molecule has 0 aromatic heterocycles. The number of para-hydroxylation sites is 1. The molecule has 0 heterocycles.